The van der Waals surface area contributed by atoms with Gasteiger partial charge in [-0.15, -0.1) is 0 Å². The predicted molar refractivity (Wildman–Crippen MR) is 115 cm³/mol. The summed E-state index contributed by atoms with van der Waals surface area (Å²) in [5.74, 6) is -0.580. The number of rotatable bonds is 8. The molecule has 0 bridgehead atoms. The number of anilines is 1. The van der Waals surface area contributed by atoms with E-state index in [1.165, 1.54) is 0 Å². The fourth-order valence-corrected chi connectivity index (χ4v) is 3.66. The van der Waals surface area contributed by atoms with Gasteiger partial charge in [-0.05, 0) is 36.5 Å². The lowest BCUT2D eigenvalue weighted by molar-refractivity contribution is -0.125. The molecule has 1 fully saturated rings. The molecule has 30 heavy (non-hydrogen) atoms. The van der Waals surface area contributed by atoms with E-state index >= 15 is 0 Å². The number of carbonyl (C=O) groups is 3. The summed E-state index contributed by atoms with van der Waals surface area (Å²) in [5, 5.41) is 2.97. The molecule has 1 N–H and O–H groups in total. The molecule has 1 heterocycles. The number of hydrogen-bond acceptors (Lipinski definition) is 4. The Morgan fingerprint density at radius 1 is 1.07 bits per heavy atom. The van der Waals surface area contributed by atoms with Crippen molar-refractivity contribution in [1.29, 1.82) is 0 Å². The number of nitrogens with one attached hydrogen (secondary N) is 1. The number of esters is 1. The average molecular weight is 408 g/mol. The molecule has 1 saturated heterocycles. The number of nitrogens with zero attached hydrogens (tertiary/aromatic N) is 1. The van der Waals surface area contributed by atoms with E-state index < -0.39 is 5.97 Å². The van der Waals surface area contributed by atoms with E-state index in [4.69, 9.17) is 4.74 Å². The van der Waals surface area contributed by atoms with Gasteiger partial charge < -0.3 is 15.0 Å². The zero-order valence-electron chi connectivity index (χ0n) is 17.5. The molecule has 0 saturated carbocycles. The molecule has 1 aliphatic rings. The van der Waals surface area contributed by atoms with E-state index in [1.54, 1.807) is 29.2 Å². The molecule has 0 unspecified atom stereocenters. The van der Waals surface area contributed by atoms with Crippen LogP contribution in [0, 0.1) is 5.92 Å². The lowest BCUT2D eigenvalue weighted by Gasteiger charge is -2.21. The van der Waals surface area contributed by atoms with Crippen molar-refractivity contribution in [2.24, 2.45) is 5.92 Å². The van der Waals surface area contributed by atoms with Crippen LogP contribution in [0.2, 0.25) is 0 Å². The summed E-state index contributed by atoms with van der Waals surface area (Å²) in [5.41, 5.74) is 1.85. The molecule has 3 rings (SSSR count). The summed E-state index contributed by atoms with van der Waals surface area (Å²) in [6.07, 6.45) is 2.02. The van der Waals surface area contributed by atoms with Crippen molar-refractivity contribution in [3.63, 3.8) is 0 Å². The third-order valence-corrected chi connectivity index (χ3v) is 5.07. The van der Waals surface area contributed by atoms with Crippen LogP contribution in [0.1, 0.15) is 55.1 Å². The summed E-state index contributed by atoms with van der Waals surface area (Å²) in [7, 11) is 0. The summed E-state index contributed by atoms with van der Waals surface area (Å²) in [6, 6.07) is 16.5. The van der Waals surface area contributed by atoms with Crippen molar-refractivity contribution < 1.29 is 19.1 Å². The Labute approximate surface area is 177 Å². The predicted octanol–water partition coefficient (Wildman–Crippen LogP) is 3.87. The van der Waals surface area contributed by atoms with E-state index in [0.29, 0.717) is 30.1 Å². The van der Waals surface area contributed by atoms with E-state index in [2.05, 4.69) is 19.2 Å². The molecule has 2 amide bonds. The van der Waals surface area contributed by atoms with Crippen LogP contribution in [0.5, 0.6) is 0 Å². The minimum atomic E-state index is -0.611. The summed E-state index contributed by atoms with van der Waals surface area (Å²) < 4.78 is 5.28. The molecule has 0 spiro atoms. The van der Waals surface area contributed by atoms with Crippen LogP contribution in [0.15, 0.2) is 54.6 Å². The normalized spacial score (nSPS) is 14.6. The second kappa shape index (κ2) is 10.1. The molecule has 0 aromatic heterocycles. The second-order valence-corrected chi connectivity index (χ2v) is 7.90. The fourth-order valence-electron chi connectivity index (χ4n) is 3.66. The highest BCUT2D eigenvalue weighted by molar-refractivity contribution is 6.03. The second-order valence-electron chi connectivity index (χ2n) is 7.90. The zero-order chi connectivity index (χ0) is 21.5. The van der Waals surface area contributed by atoms with Crippen LogP contribution < -0.4 is 10.2 Å². The van der Waals surface area contributed by atoms with Crippen molar-refractivity contribution in [3.8, 4) is 0 Å². The molecular weight excluding hydrogens is 380 g/mol. The molecule has 2 aromatic carbocycles. The van der Waals surface area contributed by atoms with Crippen molar-refractivity contribution in [2.45, 2.75) is 39.2 Å². The topological polar surface area (TPSA) is 75.7 Å². The fraction of sp³-hybridized carbons (Fsp3) is 0.375. The van der Waals surface area contributed by atoms with Gasteiger partial charge in [0.1, 0.15) is 0 Å². The number of ether oxygens (including phenoxy) is 1. The lowest BCUT2D eigenvalue weighted by Crippen LogP contribution is -2.33. The number of para-hydroxylation sites is 1. The molecule has 1 atom stereocenters. The highest BCUT2D eigenvalue weighted by Crippen LogP contribution is 2.26. The Hall–Kier alpha value is -3.15. The minimum absolute atomic E-state index is 0.00705. The van der Waals surface area contributed by atoms with Crippen LogP contribution in [-0.4, -0.2) is 30.9 Å². The van der Waals surface area contributed by atoms with Gasteiger partial charge in [0.25, 0.3) is 5.91 Å². The molecule has 1 aliphatic heterocycles. The van der Waals surface area contributed by atoms with Gasteiger partial charge in [0.2, 0.25) is 5.91 Å². The van der Waals surface area contributed by atoms with Crippen molar-refractivity contribution in [1.82, 2.24) is 5.32 Å². The standard InChI is InChI=1S/C24H28N2O4/c1-17(2)15-20(18-9-4-3-5-10-18)25-22(27)16-30-24(29)19-11-6-7-12-21(19)26-14-8-13-23(26)28/h3-7,9-12,17,20H,8,13-16H2,1-2H3,(H,25,27)/t20-/m0/s1. The molecule has 2 aromatic rings. The van der Waals surface area contributed by atoms with Crippen LogP contribution in [0.4, 0.5) is 5.69 Å². The Morgan fingerprint density at radius 3 is 2.43 bits per heavy atom. The lowest BCUT2D eigenvalue weighted by atomic mass is 9.97. The molecule has 0 radical (unpaired) electrons. The van der Waals surface area contributed by atoms with Gasteiger partial charge in [-0.3, -0.25) is 9.59 Å². The van der Waals surface area contributed by atoms with Crippen LogP contribution in [0.3, 0.4) is 0 Å². The first kappa shape index (κ1) is 21.6. The Bertz CT molecular complexity index is 895. The van der Waals surface area contributed by atoms with Gasteiger partial charge in [-0.2, -0.15) is 0 Å². The van der Waals surface area contributed by atoms with Crippen molar-refractivity contribution in [2.75, 3.05) is 18.1 Å². The van der Waals surface area contributed by atoms with E-state index in [0.717, 1.165) is 18.4 Å². The maximum Gasteiger partial charge on any atom is 0.340 e. The Kier molecular flexibility index (Phi) is 7.22. The summed E-state index contributed by atoms with van der Waals surface area (Å²) >= 11 is 0. The Balaban J connectivity index is 1.63. The van der Waals surface area contributed by atoms with Gasteiger partial charge in [0.05, 0.1) is 17.3 Å². The SMILES string of the molecule is CC(C)C[C@H](NC(=O)COC(=O)c1ccccc1N1CCCC1=O)c1ccccc1. The summed E-state index contributed by atoms with van der Waals surface area (Å²) in [6.45, 7) is 4.40. The van der Waals surface area contributed by atoms with E-state index in [9.17, 15) is 14.4 Å². The minimum Gasteiger partial charge on any atom is -0.452 e. The zero-order valence-corrected chi connectivity index (χ0v) is 17.5. The summed E-state index contributed by atoms with van der Waals surface area (Å²) in [4.78, 5) is 38.8. The number of benzene rings is 2. The first-order valence-corrected chi connectivity index (χ1v) is 10.4. The third-order valence-electron chi connectivity index (χ3n) is 5.07. The third kappa shape index (κ3) is 5.47. The maximum absolute atomic E-state index is 12.6. The van der Waals surface area contributed by atoms with Gasteiger partial charge in [0.15, 0.2) is 6.61 Å². The first-order valence-electron chi connectivity index (χ1n) is 10.4. The molecular formula is C24H28N2O4. The van der Waals surface area contributed by atoms with Crippen molar-refractivity contribution in [3.05, 3.63) is 65.7 Å². The van der Waals surface area contributed by atoms with Crippen LogP contribution >= 0.6 is 0 Å². The highest BCUT2D eigenvalue weighted by atomic mass is 16.5. The largest absolute Gasteiger partial charge is 0.452 e. The molecule has 6 nitrogen and oxygen atoms in total. The van der Waals surface area contributed by atoms with Crippen LogP contribution in [0.25, 0.3) is 0 Å². The molecule has 6 heteroatoms. The average Bonchev–Trinajstić information content (AvgIpc) is 3.17. The van der Waals surface area contributed by atoms with Gasteiger partial charge >= 0.3 is 5.97 Å². The van der Waals surface area contributed by atoms with Crippen LogP contribution in [-0.2, 0) is 14.3 Å². The maximum atomic E-state index is 12.6. The van der Waals surface area contributed by atoms with E-state index in [1.807, 2.05) is 30.3 Å². The monoisotopic (exact) mass is 408 g/mol. The molecule has 0 aliphatic carbocycles. The molecule has 158 valence electrons. The quantitative estimate of drug-likeness (QED) is 0.673. The van der Waals surface area contributed by atoms with Gasteiger partial charge in [0, 0.05) is 13.0 Å². The number of amides is 2. The van der Waals surface area contributed by atoms with Crippen molar-refractivity contribution >= 4 is 23.5 Å². The smallest absolute Gasteiger partial charge is 0.340 e. The number of carbonyl (C=O) groups excluding carboxylic acids is 3. The number of hydrogen-bond donors (Lipinski definition) is 1. The Morgan fingerprint density at radius 2 is 1.77 bits per heavy atom. The van der Waals surface area contributed by atoms with Gasteiger partial charge in [-0.25, -0.2) is 4.79 Å². The highest BCUT2D eigenvalue weighted by Gasteiger charge is 2.26. The first-order chi connectivity index (χ1) is 14.5. The van der Waals surface area contributed by atoms with E-state index in [-0.39, 0.29) is 24.5 Å². The van der Waals surface area contributed by atoms with Gasteiger partial charge in [-0.1, -0.05) is 56.3 Å².